The Hall–Kier alpha value is 0.860. The van der Waals surface area contributed by atoms with Crippen molar-refractivity contribution in [1.29, 1.82) is 0 Å². The van der Waals surface area contributed by atoms with E-state index in [0.29, 0.717) is 0 Å². The van der Waals surface area contributed by atoms with Crippen molar-refractivity contribution in [3.8, 4) is 0 Å². The summed E-state index contributed by atoms with van der Waals surface area (Å²) in [7, 11) is -52.1. The van der Waals surface area contributed by atoms with E-state index in [4.69, 9.17) is 11.5 Å². The number of allylic oxidation sites excluding steroid dienone is 2. The Morgan fingerprint density at radius 1 is 0.455 bits per heavy atom. The van der Waals surface area contributed by atoms with Crippen LogP contribution in [-0.4, -0.2) is 106 Å². The highest BCUT2D eigenvalue weighted by molar-refractivity contribution is 7.74. The molecule has 0 spiro atoms. The Morgan fingerprint density at radius 3 is 0.909 bits per heavy atom. The van der Waals surface area contributed by atoms with Gasteiger partial charge >= 0.3 is 60.8 Å². The molecule has 0 bridgehead atoms. The van der Waals surface area contributed by atoms with Gasteiger partial charge in [0.05, 0.1) is 5.66 Å². The van der Waals surface area contributed by atoms with E-state index in [1.54, 1.807) is 0 Å². The quantitative estimate of drug-likeness (QED) is 0.0414. The molecule has 0 saturated heterocycles. The van der Waals surface area contributed by atoms with Crippen molar-refractivity contribution < 1.29 is 115 Å². The minimum atomic E-state index is -6.74. The van der Waals surface area contributed by atoms with Crippen molar-refractivity contribution in [2.45, 2.75) is 46.5 Å². The van der Waals surface area contributed by atoms with Gasteiger partial charge in [-0.15, -0.1) is 0 Å². The van der Waals surface area contributed by atoms with Crippen molar-refractivity contribution in [2.75, 3.05) is 0 Å². The smallest absolute Gasteiger partial charge is 0.324 e. The molecular formula is C10H30N2O24P8. The van der Waals surface area contributed by atoms with Crippen LogP contribution < -0.4 is 11.5 Å². The normalized spacial score (nSPS) is 15.5. The fourth-order valence-electron chi connectivity index (χ4n) is 4.14. The van der Waals surface area contributed by atoms with Gasteiger partial charge in [0.1, 0.15) is 0 Å². The summed E-state index contributed by atoms with van der Waals surface area (Å²) in [4.78, 5) is 154. The molecule has 20 N–H and O–H groups in total. The first-order valence-corrected chi connectivity index (χ1v) is 23.9. The molecule has 264 valence electrons. The predicted molar refractivity (Wildman–Crippen MR) is 143 cm³/mol. The summed E-state index contributed by atoms with van der Waals surface area (Å²) in [5.74, 6) is 0. The van der Waals surface area contributed by atoms with E-state index in [-0.39, 0.29) is 0 Å². The topological polar surface area (TPSA) is 512 Å². The van der Waals surface area contributed by atoms with Crippen molar-refractivity contribution >= 4 is 60.8 Å². The molecule has 0 atom stereocenters. The lowest BCUT2D eigenvalue weighted by Gasteiger charge is -2.36. The Kier molecular flexibility index (Phi) is 14.3. The predicted octanol–water partition coefficient (Wildman–Crippen LogP) is -3.21. The van der Waals surface area contributed by atoms with Crippen molar-refractivity contribution in [1.82, 2.24) is 0 Å². The third kappa shape index (κ3) is 12.4. The maximum Gasteiger partial charge on any atom is 0.344 e. The molecule has 34 heteroatoms. The Bertz CT molecular complexity index is 1350. The molecule has 26 nitrogen and oxygen atoms in total. The van der Waals surface area contributed by atoms with Gasteiger partial charge in [-0.2, -0.15) is 0 Å². The molecule has 0 aromatic heterocycles. The van der Waals surface area contributed by atoms with Gasteiger partial charge in [-0.3, -0.25) is 36.5 Å². The molecule has 0 aliphatic carbocycles. The minimum absolute atomic E-state index is 1.39. The van der Waals surface area contributed by atoms with E-state index < -0.39 is 118 Å². The van der Waals surface area contributed by atoms with Crippen molar-refractivity contribution in [3.63, 3.8) is 0 Å². The second kappa shape index (κ2) is 14.0. The highest BCUT2D eigenvalue weighted by atomic mass is 31.3. The van der Waals surface area contributed by atoms with Crippen molar-refractivity contribution in [2.24, 2.45) is 11.5 Å². The van der Waals surface area contributed by atoms with E-state index in [1.165, 1.54) is 0 Å². The van der Waals surface area contributed by atoms with Crippen LogP contribution in [0.1, 0.15) is 19.3 Å². The van der Waals surface area contributed by atoms with Crippen LogP contribution in [0.15, 0.2) is 11.1 Å². The molecule has 0 unspecified atom stereocenters. The largest absolute Gasteiger partial charge is 0.344 e. The summed E-state index contributed by atoms with van der Waals surface area (Å²) in [6.45, 7) is 0. The zero-order valence-corrected chi connectivity index (χ0v) is 28.2. The Labute approximate surface area is 244 Å². The maximum atomic E-state index is 12.2. The van der Waals surface area contributed by atoms with E-state index in [1.807, 2.05) is 0 Å². The van der Waals surface area contributed by atoms with Crippen LogP contribution in [-0.2, 0) is 36.5 Å². The molecule has 0 rings (SSSR count). The second-order valence-corrected chi connectivity index (χ2v) is 24.3. The maximum absolute atomic E-state index is 12.2. The van der Waals surface area contributed by atoms with Crippen LogP contribution in [0.5, 0.6) is 0 Å². The number of rotatable bonds is 16. The van der Waals surface area contributed by atoms with Crippen LogP contribution >= 0.6 is 60.8 Å². The summed E-state index contributed by atoms with van der Waals surface area (Å²) in [6, 6.07) is 0. The average Bonchev–Trinajstić information content (AvgIpc) is 2.56. The van der Waals surface area contributed by atoms with Gasteiger partial charge < -0.3 is 89.8 Å². The first-order chi connectivity index (χ1) is 18.7. The van der Waals surface area contributed by atoms with Crippen LogP contribution in [0.2, 0.25) is 0 Å². The summed E-state index contributed by atoms with van der Waals surface area (Å²) in [5, 5.41) is -15.6. The third-order valence-electron chi connectivity index (χ3n) is 5.32. The molecule has 0 aromatic carbocycles. The van der Waals surface area contributed by atoms with Gasteiger partial charge in [0.15, 0.2) is 21.6 Å². The van der Waals surface area contributed by atoms with Crippen LogP contribution in [0, 0.1) is 0 Å². The fraction of sp³-hybridized carbons (Fsp3) is 0.800. The standard InChI is InChI=1S/C10H30N2O24P8/c11-10(12,9(43(31,32)33)44(34,35)36)3-1-2-4(6(37(13,14)15)38(16,17)18)5(7(39(19,20)21)40(22,23)24)8(41(25,26)27)42(28,29)30/h6-9H,1-3,11-12H2,(H2,13,14,15)(H2,16,17,18)(H2,19,20,21)(H2,22,23,24)(H2,25,26,27)(H2,28,29,30)(H2,31,32,33)(H2,34,35,36). The molecule has 0 aliphatic rings. The van der Waals surface area contributed by atoms with E-state index in [9.17, 15) is 115 Å². The fourth-order valence-corrected chi connectivity index (χ4v) is 16.5. The molecule has 0 heterocycles. The summed E-state index contributed by atoms with van der Waals surface area (Å²) >= 11 is 0. The van der Waals surface area contributed by atoms with Gasteiger partial charge in [0, 0.05) is 0 Å². The summed E-state index contributed by atoms with van der Waals surface area (Å²) in [5.41, 5.74) is 2.73. The second-order valence-electron chi connectivity index (χ2n) is 9.15. The Morgan fingerprint density at radius 2 is 0.705 bits per heavy atom. The average molecular weight is 810 g/mol. The van der Waals surface area contributed by atoms with E-state index >= 15 is 0 Å². The summed E-state index contributed by atoms with van der Waals surface area (Å²) in [6.07, 6.45) is -4.66. The monoisotopic (exact) mass is 810 g/mol. The number of hydrogen-bond donors (Lipinski definition) is 18. The molecule has 0 amide bonds. The minimum Gasteiger partial charge on any atom is -0.324 e. The lowest BCUT2D eigenvalue weighted by molar-refractivity contribution is 0.291. The van der Waals surface area contributed by atoms with Gasteiger partial charge in [-0.25, -0.2) is 0 Å². The molecule has 0 fully saturated rings. The molecule has 44 heavy (non-hydrogen) atoms. The third-order valence-corrected chi connectivity index (χ3v) is 20.3. The molecule has 0 aromatic rings. The van der Waals surface area contributed by atoms with Crippen LogP contribution in [0.25, 0.3) is 0 Å². The van der Waals surface area contributed by atoms with Crippen LogP contribution in [0.4, 0.5) is 0 Å². The zero-order valence-electron chi connectivity index (χ0n) is 21.1. The first-order valence-electron chi connectivity index (χ1n) is 10.4. The van der Waals surface area contributed by atoms with Gasteiger partial charge in [0.25, 0.3) is 0 Å². The number of nitrogens with two attached hydrogens (primary N) is 2. The first kappa shape index (κ1) is 44.9. The lowest BCUT2D eigenvalue weighted by Crippen LogP contribution is -2.58. The zero-order chi connectivity index (χ0) is 36.1. The van der Waals surface area contributed by atoms with Gasteiger partial charge in [-0.1, -0.05) is 0 Å². The molecule has 0 aliphatic heterocycles. The van der Waals surface area contributed by atoms with Crippen LogP contribution in [0.3, 0.4) is 0 Å². The molecular weight excluding hydrogens is 780 g/mol. The Balaban J connectivity index is 8.31. The SMILES string of the molecule is NC(N)(CCCC(=C(C(P(=O)(O)O)P(=O)(O)O)C(P(=O)(O)O)P(=O)(O)O)C(P(=O)(O)O)P(=O)(O)O)C(P(=O)(O)O)P(=O)(O)O. The molecule has 0 saturated carbocycles. The van der Waals surface area contributed by atoms with Crippen molar-refractivity contribution in [3.05, 3.63) is 11.1 Å². The van der Waals surface area contributed by atoms with Gasteiger partial charge in [-0.05, 0) is 30.4 Å². The summed E-state index contributed by atoms with van der Waals surface area (Å²) < 4.78 is 96.7. The van der Waals surface area contributed by atoms with Gasteiger partial charge in [0.2, 0.25) is 0 Å². The lowest BCUT2D eigenvalue weighted by atomic mass is 10.00. The highest BCUT2D eigenvalue weighted by Gasteiger charge is 2.60. The number of hydrogen-bond acceptors (Lipinski definition) is 10. The van der Waals surface area contributed by atoms with E-state index in [0.717, 1.165) is 0 Å². The highest BCUT2D eigenvalue weighted by Crippen LogP contribution is 2.74. The van der Waals surface area contributed by atoms with E-state index in [2.05, 4.69) is 0 Å². The molecule has 0 radical (unpaired) electrons.